The summed E-state index contributed by atoms with van der Waals surface area (Å²) in [7, 11) is 0. The quantitative estimate of drug-likeness (QED) is 0.291. The lowest BCUT2D eigenvalue weighted by molar-refractivity contribution is 0.0288. The van der Waals surface area contributed by atoms with E-state index in [2.05, 4.69) is 19.1 Å². The number of carbonyl (C=O) groups is 1. The molecular weight excluding hydrogens is 332 g/mol. The average Bonchev–Trinajstić information content (AvgIpc) is 2.72. The smallest absolute Gasteiger partial charge is 0.338 e. The Hall–Kier alpha value is -2.09. The van der Waals surface area contributed by atoms with Gasteiger partial charge in [0, 0.05) is 0 Å². The minimum atomic E-state index is -0.242. The number of benzene rings is 2. The molecule has 2 heteroatoms. The van der Waals surface area contributed by atoms with Crippen LogP contribution in [-0.4, -0.2) is 5.97 Å². The normalized spacial score (nSPS) is 11.9. The molecule has 2 aromatic rings. The topological polar surface area (TPSA) is 26.3 Å². The molecule has 0 aliphatic rings. The first kappa shape index (κ1) is 21.2. The van der Waals surface area contributed by atoms with Crippen molar-refractivity contribution in [1.29, 1.82) is 0 Å². The molecule has 2 aromatic carbocycles. The minimum absolute atomic E-state index is 0.189. The van der Waals surface area contributed by atoms with Crippen LogP contribution in [0.4, 0.5) is 0 Å². The molecule has 0 fully saturated rings. The summed E-state index contributed by atoms with van der Waals surface area (Å²) in [6.45, 7) is 4.29. The van der Waals surface area contributed by atoms with Crippen LogP contribution in [0.25, 0.3) is 0 Å². The van der Waals surface area contributed by atoms with Gasteiger partial charge in [-0.25, -0.2) is 4.79 Å². The molecule has 0 saturated heterocycles. The van der Waals surface area contributed by atoms with Crippen LogP contribution in [0.5, 0.6) is 0 Å². The summed E-state index contributed by atoms with van der Waals surface area (Å²) in [5.74, 6) is -0.242. The van der Waals surface area contributed by atoms with Crippen molar-refractivity contribution < 1.29 is 9.53 Å². The third kappa shape index (κ3) is 7.58. The summed E-state index contributed by atoms with van der Waals surface area (Å²) in [4.78, 5) is 12.5. The van der Waals surface area contributed by atoms with Gasteiger partial charge in [-0.15, -0.1) is 0 Å². The highest BCUT2D eigenvalue weighted by Crippen LogP contribution is 2.22. The Labute approximate surface area is 165 Å². The van der Waals surface area contributed by atoms with Crippen molar-refractivity contribution >= 4 is 5.97 Å². The molecule has 0 radical (unpaired) electrons. The molecule has 2 rings (SSSR count). The van der Waals surface area contributed by atoms with Crippen molar-refractivity contribution in [2.75, 3.05) is 0 Å². The largest absolute Gasteiger partial charge is 0.454 e. The summed E-state index contributed by atoms with van der Waals surface area (Å²) in [5, 5.41) is 0. The predicted molar refractivity (Wildman–Crippen MR) is 113 cm³/mol. The fourth-order valence-electron chi connectivity index (χ4n) is 3.35. The van der Waals surface area contributed by atoms with Crippen LogP contribution < -0.4 is 0 Å². The molecule has 146 valence electrons. The lowest BCUT2D eigenvalue weighted by Crippen LogP contribution is -2.11. The van der Waals surface area contributed by atoms with Crippen LogP contribution in [0.15, 0.2) is 54.6 Å². The molecule has 0 aliphatic carbocycles. The minimum Gasteiger partial charge on any atom is -0.454 e. The summed E-state index contributed by atoms with van der Waals surface area (Å²) in [6, 6.07) is 17.9. The van der Waals surface area contributed by atoms with Crippen LogP contribution in [0.2, 0.25) is 0 Å². The Bertz CT molecular complexity index is 646. The van der Waals surface area contributed by atoms with Crippen LogP contribution in [-0.2, 0) is 11.2 Å². The van der Waals surface area contributed by atoms with Gasteiger partial charge in [-0.1, -0.05) is 94.8 Å². The summed E-state index contributed by atoms with van der Waals surface area (Å²) >= 11 is 0. The van der Waals surface area contributed by atoms with E-state index in [1.807, 2.05) is 49.4 Å². The molecule has 0 spiro atoms. The van der Waals surface area contributed by atoms with Crippen LogP contribution in [0, 0.1) is 0 Å². The van der Waals surface area contributed by atoms with Gasteiger partial charge in [0.2, 0.25) is 0 Å². The fraction of sp³-hybridized carbons (Fsp3) is 0.480. The Morgan fingerprint density at radius 3 is 2.07 bits per heavy atom. The highest BCUT2D eigenvalue weighted by molar-refractivity contribution is 5.89. The van der Waals surface area contributed by atoms with E-state index >= 15 is 0 Å². The van der Waals surface area contributed by atoms with E-state index in [0.29, 0.717) is 5.56 Å². The number of rotatable bonds is 12. The first-order chi connectivity index (χ1) is 13.2. The zero-order chi connectivity index (χ0) is 19.3. The van der Waals surface area contributed by atoms with Crippen molar-refractivity contribution in [3.8, 4) is 0 Å². The molecule has 0 bridgehead atoms. The number of ether oxygens (including phenoxy) is 1. The van der Waals surface area contributed by atoms with Gasteiger partial charge in [-0.2, -0.15) is 0 Å². The van der Waals surface area contributed by atoms with Crippen molar-refractivity contribution in [1.82, 2.24) is 0 Å². The zero-order valence-corrected chi connectivity index (χ0v) is 17.0. The Morgan fingerprint density at radius 1 is 0.815 bits per heavy atom. The maximum Gasteiger partial charge on any atom is 0.338 e. The van der Waals surface area contributed by atoms with E-state index in [0.717, 1.165) is 18.4 Å². The van der Waals surface area contributed by atoms with Gasteiger partial charge < -0.3 is 4.74 Å². The zero-order valence-electron chi connectivity index (χ0n) is 17.0. The van der Waals surface area contributed by atoms with Crippen LogP contribution in [0.1, 0.15) is 92.8 Å². The van der Waals surface area contributed by atoms with Crippen LogP contribution >= 0.6 is 0 Å². The van der Waals surface area contributed by atoms with Gasteiger partial charge in [-0.05, 0) is 42.5 Å². The van der Waals surface area contributed by atoms with E-state index < -0.39 is 0 Å². The summed E-state index contributed by atoms with van der Waals surface area (Å²) in [5.41, 5.74) is 2.98. The van der Waals surface area contributed by atoms with Gasteiger partial charge >= 0.3 is 5.97 Å². The van der Waals surface area contributed by atoms with Gasteiger partial charge in [0.15, 0.2) is 0 Å². The predicted octanol–water partition coefficient (Wildman–Crippen LogP) is 7.29. The maximum atomic E-state index is 12.5. The molecular formula is C25H34O2. The Kier molecular flexibility index (Phi) is 9.68. The standard InChI is InChI=1S/C25H34O2/c1-3-5-6-7-8-9-11-14-21-17-19-23(20-18-21)25(26)27-24(4-2)22-15-12-10-13-16-22/h10,12-13,15-20,24H,3-9,11,14H2,1-2H3. The Morgan fingerprint density at radius 2 is 1.44 bits per heavy atom. The highest BCUT2D eigenvalue weighted by atomic mass is 16.5. The lowest BCUT2D eigenvalue weighted by Gasteiger charge is -2.16. The second-order valence-corrected chi connectivity index (χ2v) is 7.28. The van der Waals surface area contributed by atoms with E-state index in [1.165, 1.54) is 50.5 Å². The molecule has 2 nitrogen and oxygen atoms in total. The molecule has 1 atom stereocenters. The van der Waals surface area contributed by atoms with Crippen molar-refractivity contribution in [3.63, 3.8) is 0 Å². The number of aryl methyl sites for hydroxylation is 1. The van der Waals surface area contributed by atoms with E-state index in [1.54, 1.807) is 0 Å². The van der Waals surface area contributed by atoms with Gasteiger partial charge in [0.05, 0.1) is 5.56 Å². The number of hydrogen-bond donors (Lipinski definition) is 0. The molecule has 0 N–H and O–H groups in total. The number of hydrogen-bond acceptors (Lipinski definition) is 2. The third-order valence-electron chi connectivity index (χ3n) is 5.05. The number of unbranched alkanes of at least 4 members (excludes halogenated alkanes) is 6. The third-order valence-corrected chi connectivity index (χ3v) is 5.05. The molecule has 0 amide bonds. The van der Waals surface area contributed by atoms with Crippen molar-refractivity contribution in [2.45, 2.75) is 77.7 Å². The summed E-state index contributed by atoms with van der Waals surface area (Å²) in [6.07, 6.45) is 10.9. The molecule has 0 aromatic heterocycles. The molecule has 1 unspecified atom stereocenters. The maximum absolute atomic E-state index is 12.5. The molecule has 0 heterocycles. The molecule has 0 saturated carbocycles. The monoisotopic (exact) mass is 366 g/mol. The average molecular weight is 367 g/mol. The van der Waals surface area contributed by atoms with E-state index in [9.17, 15) is 4.79 Å². The van der Waals surface area contributed by atoms with Crippen LogP contribution in [0.3, 0.4) is 0 Å². The molecule has 0 aliphatic heterocycles. The Balaban J connectivity index is 1.77. The first-order valence-corrected chi connectivity index (χ1v) is 10.6. The van der Waals surface area contributed by atoms with Crippen molar-refractivity contribution in [2.24, 2.45) is 0 Å². The van der Waals surface area contributed by atoms with E-state index in [-0.39, 0.29) is 12.1 Å². The van der Waals surface area contributed by atoms with E-state index in [4.69, 9.17) is 4.74 Å². The summed E-state index contributed by atoms with van der Waals surface area (Å²) < 4.78 is 5.72. The van der Waals surface area contributed by atoms with Crippen molar-refractivity contribution in [3.05, 3.63) is 71.3 Å². The second kappa shape index (κ2) is 12.3. The number of esters is 1. The molecule has 27 heavy (non-hydrogen) atoms. The van der Waals surface area contributed by atoms with Gasteiger partial charge in [0.25, 0.3) is 0 Å². The first-order valence-electron chi connectivity index (χ1n) is 10.6. The highest BCUT2D eigenvalue weighted by Gasteiger charge is 2.16. The SMILES string of the molecule is CCCCCCCCCc1ccc(C(=O)OC(CC)c2ccccc2)cc1. The second-order valence-electron chi connectivity index (χ2n) is 7.28. The lowest BCUT2D eigenvalue weighted by atomic mass is 10.0. The number of carbonyl (C=O) groups excluding carboxylic acids is 1. The fourth-order valence-corrected chi connectivity index (χ4v) is 3.35. The van der Waals surface area contributed by atoms with Gasteiger partial charge in [-0.3, -0.25) is 0 Å². The van der Waals surface area contributed by atoms with Gasteiger partial charge in [0.1, 0.15) is 6.10 Å².